The lowest BCUT2D eigenvalue weighted by Crippen LogP contribution is -1.97. The summed E-state index contributed by atoms with van der Waals surface area (Å²) in [6.07, 6.45) is 1.94. The standard InChI is InChI=1S/C14H18N4O/c1-8-9(2)11(4)14-13(10(8)3)12(6-18(14)5)19-7-16-17-15/h6H,7H2,1-5H3. The Hall–Kier alpha value is -2.13. The molecule has 2 rings (SSSR count). The van der Waals surface area contributed by atoms with E-state index >= 15 is 0 Å². The number of hydrogen-bond acceptors (Lipinski definition) is 2. The zero-order valence-electron chi connectivity index (χ0n) is 12.0. The van der Waals surface area contributed by atoms with Gasteiger partial charge in [-0.15, -0.1) is 0 Å². The summed E-state index contributed by atoms with van der Waals surface area (Å²) in [6, 6.07) is 0. The largest absolute Gasteiger partial charge is 0.485 e. The van der Waals surface area contributed by atoms with Crippen LogP contribution in [0.4, 0.5) is 0 Å². The fourth-order valence-corrected chi connectivity index (χ4v) is 2.57. The van der Waals surface area contributed by atoms with Crippen molar-refractivity contribution in [2.24, 2.45) is 12.2 Å². The molecule has 1 aromatic carbocycles. The molecule has 19 heavy (non-hydrogen) atoms. The highest BCUT2D eigenvalue weighted by molar-refractivity contribution is 5.94. The third-order valence-electron chi connectivity index (χ3n) is 3.91. The van der Waals surface area contributed by atoms with E-state index in [4.69, 9.17) is 10.3 Å². The summed E-state index contributed by atoms with van der Waals surface area (Å²) >= 11 is 0. The SMILES string of the molecule is Cc1c(C)c(C)c2c(c(OCN=[N+]=[N-])cn2C)c1C. The van der Waals surface area contributed by atoms with Crippen molar-refractivity contribution in [3.8, 4) is 5.75 Å². The second-order valence-corrected chi connectivity index (χ2v) is 4.83. The van der Waals surface area contributed by atoms with E-state index in [1.165, 1.54) is 27.8 Å². The minimum absolute atomic E-state index is 0.0149. The Balaban J connectivity index is 2.71. The molecule has 2 aromatic rings. The van der Waals surface area contributed by atoms with E-state index in [0.717, 1.165) is 11.1 Å². The maximum absolute atomic E-state index is 8.32. The second kappa shape index (κ2) is 4.86. The summed E-state index contributed by atoms with van der Waals surface area (Å²) < 4.78 is 7.63. The van der Waals surface area contributed by atoms with Gasteiger partial charge in [-0.2, -0.15) is 0 Å². The predicted octanol–water partition coefficient (Wildman–Crippen LogP) is 4.06. The molecule has 0 unspecified atom stereocenters. The molecule has 1 heterocycles. The number of aromatic nitrogens is 1. The third-order valence-corrected chi connectivity index (χ3v) is 3.91. The molecule has 0 bridgehead atoms. The summed E-state index contributed by atoms with van der Waals surface area (Å²) in [5.41, 5.74) is 14.6. The van der Waals surface area contributed by atoms with Crippen molar-refractivity contribution >= 4 is 10.9 Å². The molecule has 100 valence electrons. The van der Waals surface area contributed by atoms with Crippen LogP contribution >= 0.6 is 0 Å². The highest BCUT2D eigenvalue weighted by atomic mass is 16.5. The first-order chi connectivity index (χ1) is 8.99. The van der Waals surface area contributed by atoms with Crippen LogP contribution in [0, 0.1) is 27.7 Å². The normalized spacial score (nSPS) is 10.6. The van der Waals surface area contributed by atoms with Crippen molar-refractivity contribution in [3.05, 3.63) is 38.9 Å². The van der Waals surface area contributed by atoms with Gasteiger partial charge < -0.3 is 9.30 Å². The fraction of sp³-hybridized carbons (Fsp3) is 0.429. The molecule has 0 aliphatic heterocycles. The Labute approximate surface area is 112 Å². The topological polar surface area (TPSA) is 62.9 Å². The molecule has 0 N–H and O–H groups in total. The Morgan fingerprint density at radius 1 is 1.16 bits per heavy atom. The van der Waals surface area contributed by atoms with Gasteiger partial charge in [0, 0.05) is 23.5 Å². The quantitative estimate of drug-likeness (QED) is 0.465. The van der Waals surface area contributed by atoms with E-state index in [1.807, 2.05) is 13.2 Å². The molecule has 0 radical (unpaired) electrons. The van der Waals surface area contributed by atoms with Crippen molar-refractivity contribution in [1.29, 1.82) is 0 Å². The van der Waals surface area contributed by atoms with E-state index in [2.05, 4.69) is 42.3 Å². The minimum atomic E-state index is 0.0149. The summed E-state index contributed by atoms with van der Waals surface area (Å²) in [5, 5.41) is 4.53. The maximum atomic E-state index is 8.32. The van der Waals surface area contributed by atoms with Crippen LogP contribution in [0.5, 0.6) is 5.75 Å². The van der Waals surface area contributed by atoms with Crippen LogP contribution in [0.3, 0.4) is 0 Å². The van der Waals surface area contributed by atoms with Gasteiger partial charge in [-0.1, -0.05) is 5.11 Å². The number of azide groups is 1. The third kappa shape index (κ3) is 2.02. The number of hydrogen-bond donors (Lipinski definition) is 0. The van der Waals surface area contributed by atoms with Crippen molar-refractivity contribution in [2.75, 3.05) is 6.73 Å². The first-order valence-electron chi connectivity index (χ1n) is 6.18. The molecule has 0 aliphatic rings. The van der Waals surface area contributed by atoms with E-state index in [0.29, 0.717) is 0 Å². The number of rotatable bonds is 3. The van der Waals surface area contributed by atoms with Crippen molar-refractivity contribution in [3.63, 3.8) is 0 Å². The molecule has 0 fully saturated rings. The molecule has 0 amide bonds. The van der Waals surface area contributed by atoms with Gasteiger partial charge in [-0.05, 0) is 55.5 Å². The van der Waals surface area contributed by atoms with Gasteiger partial charge in [0.2, 0.25) is 0 Å². The first kappa shape index (κ1) is 13.3. The highest BCUT2D eigenvalue weighted by Crippen LogP contribution is 2.36. The molecule has 0 aliphatic carbocycles. The number of ether oxygens (including phenoxy) is 1. The smallest absolute Gasteiger partial charge is 0.167 e. The van der Waals surface area contributed by atoms with E-state index < -0.39 is 0 Å². The highest BCUT2D eigenvalue weighted by Gasteiger charge is 2.16. The van der Waals surface area contributed by atoms with Crippen LogP contribution in [-0.4, -0.2) is 11.3 Å². The molecule has 5 heteroatoms. The molecule has 0 saturated carbocycles. The lowest BCUT2D eigenvalue weighted by atomic mass is 9.95. The van der Waals surface area contributed by atoms with Gasteiger partial charge in [0.15, 0.2) is 6.73 Å². The summed E-state index contributed by atoms with van der Waals surface area (Å²) in [5.74, 6) is 0.772. The van der Waals surface area contributed by atoms with Gasteiger partial charge in [-0.25, -0.2) is 0 Å². The van der Waals surface area contributed by atoms with Crippen LogP contribution in [0.2, 0.25) is 0 Å². The zero-order chi connectivity index (χ0) is 14.2. The van der Waals surface area contributed by atoms with Crippen LogP contribution < -0.4 is 4.74 Å². The number of benzene rings is 1. The Morgan fingerprint density at radius 2 is 1.79 bits per heavy atom. The monoisotopic (exact) mass is 258 g/mol. The van der Waals surface area contributed by atoms with Gasteiger partial charge in [0.25, 0.3) is 0 Å². The lowest BCUT2D eigenvalue weighted by Gasteiger charge is -2.13. The van der Waals surface area contributed by atoms with Crippen molar-refractivity contribution in [1.82, 2.24) is 4.57 Å². The average molecular weight is 258 g/mol. The maximum Gasteiger partial charge on any atom is 0.167 e. The summed E-state index contributed by atoms with van der Waals surface area (Å²) in [7, 11) is 2.00. The number of nitrogens with zero attached hydrogens (tertiary/aromatic N) is 4. The van der Waals surface area contributed by atoms with Crippen LogP contribution in [0.25, 0.3) is 21.3 Å². The van der Waals surface area contributed by atoms with Gasteiger partial charge in [-0.3, -0.25) is 0 Å². The number of aryl methyl sites for hydroxylation is 3. The van der Waals surface area contributed by atoms with E-state index in [-0.39, 0.29) is 6.73 Å². The molecule has 0 spiro atoms. The minimum Gasteiger partial charge on any atom is -0.485 e. The lowest BCUT2D eigenvalue weighted by molar-refractivity contribution is 0.332. The molecule has 0 saturated heterocycles. The molecular weight excluding hydrogens is 240 g/mol. The Bertz CT molecular complexity index is 694. The van der Waals surface area contributed by atoms with Crippen molar-refractivity contribution < 1.29 is 4.74 Å². The summed E-state index contributed by atoms with van der Waals surface area (Å²) in [6.45, 7) is 8.51. The Morgan fingerprint density at radius 3 is 2.42 bits per heavy atom. The average Bonchev–Trinajstić information content (AvgIpc) is 2.71. The van der Waals surface area contributed by atoms with Crippen LogP contribution in [0.15, 0.2) is 11.3 Å². The van der Waals surface area contributed by atoms with Gasteiger partial charge in [0.05, 0.1) is 5.52 Å². The fourth-order valence-electron chi connectivity index (χ4n) is 2.57. The number of fused-ring (bicyclic) bond motifs is 1. The Kier molecular flexibility index (Phi) is 3.40. The molecule has 5 nitrogen and oxygen atoms in total. The van der Waals surface area contributed by atoms with Gasteiger partial charge in [0.1, 0.15) is 5.75 Å². The first-order valence-corrected chi connectivity index (χ1v) is 6.18. The predicted molar refractivity (Wildman–Crippen MR) is 76.5 cm³/mol. The van der Waals surface area contributed by atoms with Crippen LogP contribution in [-0.2, 0) is 7.05 Å². The van der Waals surface area contributed by atoms with E-state index in [9.17, 15) is 0 Å². The summed E-state index contributed by atoms with van der Waals surface area (Å²) in [4.78, 5) is 2.70. The van der Waals surface area contributed by atoms with E-state index in [1.54, 1.807) is 0 Å². The van der Waals surface area contributed by atoms with Gasteiger partial charge >= 0.3 is 0 Å². The van der Waals surface area contributed by atoms with Crippen molar-refractivity contribution in [2.45, 2.75) is 27.7 Å². The second-order valence-electron chi connectivity index (χ2n) is 4.83. The molecule has 1 aromatic heterocycles. The zero-order valence-corrected chi connectivity index (χ0v) is 12.0. The molecular formula is C14H18N4O. The molecule has 0 atom stereocenters. The van der Waals surface area contributed by atoms with Crippen LogP contribution in [0.1, 0.15) is 22.3 Å².